The molecule has 0 spiro atoms. The summed E-state index contributed by atoms with van der Waals surface area (Å²) in [5.41, 5.74) is 0. The summed E-state index contributed by atoms with van der Waals surface area (Å²) in [6, 6.07) is 0. The van der Waals surface area contributed by atoms with Gasteiger partial charge in [-0.15, -0.1) is 0 Å². The summed E-state index contributed by atoms with van der Waals surface area (Å²) in [5.74, 6) is 1.00. The Balaban J connectivity index is 0.000000490. The normalized spacial score (nSPS) is 8.25. The van der Waals surface area contributed by atoms with Gasteiger partial charge in [-0.2, -0.15) is 6.20 Å². The maximum atomic E-state index is 3.92. The first-order valence-corrected chi connectivity index (χ1v) is 2.16. The number of rotatable bonds is 0. The minimum Gasteiger partial charge on any atom is -0.501 e. The van der Waals surface area contributed by atoms with Crippen molar-refractivity contribution in [1.82, 2.24) is 9.55 Å². The Morgan fingerprint density at radius 3 is 2.50 bits per heavy atom. The minimum absolute atomic E-state index is 0. The van der Waals surface area contributed by atoms with Gasteiger partial charge in [0.15, 0.2) is 0 Å². The van der Waals surface area contributed by atoms with Crippen LogP contribution in [-0.2, 0) is 7.05 Å². The van der Waals surface area contributed by atoms with E-state index in [0.29, 0.717) is 0 Å². The van der Waals surface area contributed by atoms with Crippen LogP contribution in [0.5, 0.6) is 0 Å². The second-order valence-corrected chi connectivity index (χ2v) is 1.49. The van der Waals surface area contributed by atoms with Crippen LogP contribution in [0.2, 0.25) is 0 Å². The van der Waals surface area contributed by atoms with Crippen molar-refractivity contribution in [3.8, 4) is 0 Å². The summed E-state index contributed by atoms with van der Waals surface area (Å²) in [6.45, 7) is 1.94. The predicted molar refractivity (Wildman–Crippen MR) is 26.8 cm³/mol. The molecule has 0 saturated heterocycles. The Hall–Kier alpha value is -0.193. The maximum absolute atomic E-state index is 3.92. The molecule has 0 aromatic carbocycles. The molecule has 0 aliphatic rings. The third kappa shape index (κ3) is 1.40. The number of hydrogen-bond donors (Lipinski definition) is 0. The summed E-state index contributed by atoms with van der Waals surface area (Å²) in [7, 11) is 1.92. The van der Waals surface area contributed by atoms with E-state index < -0.39 is 0 Å². The van der Waals surface area contributed by atoms with Gasteiger partial charge in [0.25, 0.3) is 0 Å². The Labute approximate surface area is 61.1 Å². The minimum atomic E-state index is 0. The van der Waals surface area contributed by atoms with E-state index in [-0.39, 0.29) is 18.9 Å². The van der Waals surface area contributed by atoms with Crippen molar-refractivity contribution >= 4 is 0 Å². The van der Waals surface area contributed by atoms with Gasteiger partial charge in [0.05, 0.1) is 0 Å². The topological polar surface area (TPSA) is 17.8 Å². The zero-order valence-corrected chi connectivity index (χ0v) is 5.47. The molecule has 0 N–H and O–H groups in total. The molecule has 0 aliphatic heterocycles. The molecule has 1 heterocycles. The van der Waals surface area contributed by atoms with Gasteiger partial charge in [-0.05, 0) is 12.9 Å². The van der Waals surface area contributed by atoms with E-state index in [1.807, 2.05) is 18.5 Å². The van der Waals surface area contributed by atoms with Gasteiger partial charge < -0.3 is 9.55 Å². The van der Waals surface area contributed by atoms with Crippen LogP contribution in [0.25, 0.3) is 0 Å². The van der Waals surface area contributed by atoms with Crippen LogP contribution >= 0.6 is 0 Å². The Bertz CT molecular complexity index is 143. The van der Waals surface area contributed by atoms with Crippen molar-refractivity contribution in [2.75, 3.05) is 0 Å². The summed E-state index contributed by atoms with van der Waals surface area (Å²) in [5, 5.41) is 0. The van der Waals surface area contributed by atoms with E-state index in [2.05, 4.69) is 11.2 Å². The molecule has 0 aliphatic carbocycles. The molecule has 1 rings (SSSR count). The number of hydrogen-bond acceptors (Lipinski definition) is 1. The molecule has 1 aromatic heterocycles. The molecular formula is C5H7LiN2. The van der Waals surface area contributed by atoms with Crippen LogP contribution in [0.3, 0.4) is 0 Å². The number of imidazole rings is 1. The number of aryl methyl sites for hydroxylation is 2. The number of nitrogens with zero attached hydrogens (tertiary/aromatic N) is 2. The van der Waals surface area contributed by atoms with Gasteiger partial charge in [-0.1, -0.05) is 13.1 Å². The molecular weight excluding hydrogens is 95.0 g/mol. The van der Waals surface area contributed by atoms with Crippen molar-refractivity contribution < 1.29 is 18.9 Å². The van der Waals surface area contributed by atoms with Gasteiger partial charge in [0.2, 0.25) is 0 Å². The zero-order chi connectivity index (χ0) is 5.28. The maximum Gasteiger partial charge on any atom is 1.00 e. The zero-order valence-electron chi connectivity index (χ0n) is 5.47. The predicted octanol–water partition coefficient (Wildman–Crippen LogP) is -2.47. The SMILES string of the molecule is Cc1nc[c-]n1C.[Li+]. The average molecular weight is 102 g/mol. The van der Waals surface area contributed by atoms with Crippen LogP contribution in [0.1, 0.15) is 5.82 Å². The molecule has 2 nitrogen and oxygen atoms in total. The summed E-state index contributed by atoms with van der Waals surface area (Å²) in [4.78, 5) is 3.92. The molecule has 38 valence electrons. The van der Waals surface area contributed by atoms with Crippen molar-refractivity contribution in [2.24, 2.45) is 7.05 Å². The third-order valence-corrected chi connectivity index (χ3v) is 0.988. The molecule has 1 aromatic rings. The summed E-state index contributed by atoms with van der Waals surface area (Å²) >= 11 is 0. The van der Waals surface area contributed by atoms with E-state index >= 15 is 0 Å². The van der Waals surface area contributed by atoms with E-state index in [4.69, 9.17) is 0 Å². The van der Waals surface area contributed by atoms with Gasteiger partial charge in [-0.3, -0.25) is 0 Å². The molecule has 0 unspecified atom stereocenters. The largest absolute Gasteiger partial charge is 1.00 e. The molecule has 0 fully saturated rings. The van der Waals surface area contributed by atoms with Crippen LogP contribution in [0, 0.1) is 13.1 Å². The van der Waals surface area contributed by atoms with Crippen molar-refractivity contribution in [2.45, 2.75) is 6.92 Å². The second kappa shape index (κ2) is 2.96. The van der Waals surface area contributed by atoms with Gasteiger partial charge in [0.1, 0.15) is 0 Å². The quantitative estimate of drug-likeness (QED) is 0.262. The van der Waals surface area contributed by atoms with Crippen LogP contribution in [0.15, 0.2) is 6.20 Å². The first-order valence-electron chi connectivity index (χ1n) is 2.16. The standard InChI is InChI=1S/C5H7N2.Li/c1-5-6-3-4-7(5)2;/h3H,1-2H3;/q-1;+1. The molecule has 8 heavy (non-hydrogen) atoms. The van der Waals surface area contributed by atoms with E-state index in [1.165, 1.54) is 0 Å². The second-order valence-electron chi connectivity index (χ2n) is 1.49. The van der Waals surface area contributed by atoms with Crippen molar-refractivity contribution in [3.63, 3.8) is 0 Å². The van der Waals surface area contributed by atoms with Crippen LogP contribution in [0.4, 0.5) is 0 Å². The summed E-state index contributed by atoms with van der Waals surface area (Å²) in [6.07, 6.45) is 4.54. The fourth-order valence-corrected chi connectivity index (χ4v) is 0.389. The van der Waals surface area contributed by atoms with E-state index in [9.17, 15) is 0 Å². The molecule has 3 heteroatoms. The molecule has 0 atom stereocenters. The first kappa shape index (κ1) is 7.81. The smallest absolute Gasteiger partial charge is 0.501 e. The van der Waals surface area contributed by atoms with Gasteiger partial charge in [-0.25, -0.2) is 0 Å². The van der Waals surface area contributed by atoms with Gasteiger partial charge in [0, 0.05) is 0 Å². The molecule has 0 amide bonds. The van der Waals surface area contributed by atoms with Crippen LogP contribution < -0.4 is 18.9 Å². The Kier molecular flexibility index (Phi) is 2.89. The van der Waals surface area contributed by atoms with Gasteiger partial charge >= 0.3 is 18.9 Å². The average Bonchev–Trinajstić information content (AvgIpc) is 1.91. The fraction of sp³-hybridized carbons (Fsp3) is 0.400. The monoisotopic (exact) mass is 102 g/mol. The van der Waals surface area contributed by atoms with Crippen molar-refractivity contribution in [1.29, 1.82) is 0 Å². The Morgan fingerprint density at radius 2 is 2.38 bits per heavy atom. The van der Waals surface area contributed by atoms with Crippen LogP contribution in [-0.4, -0.2) is 9.55 Å². The van der Waals surface area contributed by atoms with Crippen molar-refractivity contribution in [3.05, 3.63) is 18.2 Å². The Morgan fingerprint density at radius 1 is 1.75 bits per heavy atom. The summed E-state index contributed by atoms with van der Waals surface area (Å²) < 4.78 is 1.85. The number of aromatic nitrogens is 2. The fourth-order valence-electron chi connectivity index (χ4n) is 0.389. The van der Waals surface area contributed by atoms with E-state index in [0.717, 1.165) is 5.82 Å². The molecule has 0 saturated carbocycles. The molecule has 0 radical (unpaired) electrons. The van der Waals surface area contributed by atoms with E-state index in [1.54, 1.807) is 6.20 Å². The third-order valence-electron chi connectivity index (χ3n) is 0.988. The first-order chi connectivity index (χ1) is 3.30. The molecule has 0 bridgehead atoms.